The quantitative estimate of drug-likeness (QED) is 0.928. The zero-order valence-electron chi connectivity index (χ0n) is 13.8. The first kappa shape index (κ1) is 14.3. The molecule has 1 heterocycles. The van der Waals surface area contributed by atoms with Gasteiger partial charge in [0.25, 0.3) is 0 Å². The van der Waals surface area contributed by atoms with Gasteiger partial charge in [0.15, 0.2) is 0 Å². The summed E-state index contributed by atoms with van der Waals surface area (Å²) in [6.45, 7) is 0. The van der Waals surface area contributed by atoms with Gasteiger partial charge >= 0.3 is 0 Å². The van der Waals surface area contributed by atoms with Gasteiger partial charge in [-0.1, -0.05) is 18.2 Å². The first-order valence-corrected chi connectivity index (χ1v) is 9.12. The Balaban J connectivity index is 1.41. The number of benzene rings is 1. The van der Waals surface area contributed by atoms with Crippen molar-refractivity contribution in [2.24, 2.45) is 23.2 Å². The van der Waals surface area contributed by atoms with Crippen molar-refractivity contribution in [3.8, 4) is 5.69 Å². The molecule has 6 rings (SSSR count). The van der Waals surface area contributed by atoms with Gasteiger partial charge in [0, 0.05) is 18.1 Å². The van der Waals surface area contributed by atoms with Crippen molar-refractivity contribution in [1.29, 1.82) is 0 Å². The van der Waals surface area contributed by atoms with E-state index < -0.39 is 0 Å². The zero-order chi connectivity index (χ0) is 16.1. The molecule has 1 aromatic carbocycles. The van der Waals surface area contributed by atoms with Crippen LogP contribution in [0.2, 0.25) is 0 Å². The lowest BCUT2D eigenvalue weighted by Crippen LogP contribution is -2.52. The maximum atomic E-state index is 13.2. The van der Waals surface area contributed by atoms with Crippen molar-refractivity contribution in [1.82, 2.24) is 9.55 Å². The Morgan fingerprint density at radius 3 is 2.29 bits per heavy atom. The van der Waals surface area contributed by atoms with Crippen molar-refractivity contribution in [3.05, 3.63) is 42.7 Å². The van der Waals surface area contributed by atoms with Crippen molar-refractivity contribution in [3.63, 3.8) is 0 Å². The fourth-order valence-corrected chi connectivity index (χ4v) is 5.82. The van der Waals surface area contributed by atoms with Crippen LogP contribution in [-0.4, -0.2) is 15.5 Å². The van der Waals surface area contributed by atoms with Gasteiger partial charge in [-0.05, 0) is 68.4 Å². The van der Waals surface area contributed by atoms with E-state index in [1.165, 1.54) is 19.3 Å². The van der Waals surface area contributed by atoms with Gasteiger partial charge in [-0.2, -0.15) is 0 Å². The summed E-state index contributed by atoms with van der Waals surface area (Å²) in [6, 6.07) is 10.1. The normalized spacial score (nSPS) is 33.6. The van der Waals surface area contributed by atoms with E-state index in [0.717, 1.165) is 42.7 Å². The van der Waals surface area contributed by atoms with E-state index in [9.17, 15) is 4.79 Å². The summed E-state index contributed by atoms with van der Waals surface area (Å²) in [4.78, 5) is 17.6. The lowest BCUT2D eigenvalue weighted by atomic mass is 9.49. The molecule has 0 unspecified atom stereocenters. The number of anilines is 1. The highest BCUT2D eigenvalue weighted by Crippen LogP contribution is 2.60. The third-order valence-electron chi connectivity index (χ3n) is 6.42. The number of hydrogen-bond donors (Lipinski definition) is 1. The minimum atomic E-state index is -0.137. The summed E-state index contributed by atoms with van der Waals surface area (Å²) in [6.07, 6.45) is 11.0. The minimum Gasteiger partial charge on any atom is -0.295 e. The van der Waals surface area contributed by atoms with Gasteiger partial charge in [-0.15, -0.1) is 0 Å². The first-order valence-electron chi connectivity index (χ1n) is 9.12. The lowest BCUT2D eigenvalue weighted by molar-refractivity contribution is -0.140. The highest BCUT2D eigenvalue weighted by Gasteiger charge is 2.54. The number of para-hydroxylation sites is 1. The monoisotopic (exact) mass is 321 g/mol. The fraction of sp³-hybridized carbons (Fsp3) is 0.500. The number of amides is 1. The van der Waals surface area contributed by atoms with E-state index in [2.05, 4.69) is 10.3 Å². The Hall–Kier alpha value is -2.10. The summed E-state index contributed by atoms with van der Waals surface area (Å²) in [5, 5.41) is 3.16. The van der Waals surface area contributed by atoms with Crippen molar-refractivity contribution >= 4 is 11.9 Å². The number of carbonyl (C=O) groups excluding carboxylic acids is 1. The topological polar surface area (TPSA) is 46.9 Å². The number of carbonyl (C=O) groups is 1. The van der Waals surface area contributed by atoms with Crippen LogP contribution in [0.15, 0.2) is 42.7 Å². The zero-order valence-corrected chi connectivity index (χ0v) is 13.8. The third kappa shape index (κ3) is 2.20. The van der Waals surface area contributed by atoms with Crippen molar-refractivity contribution in [2.75, 3.05) is 5.32 Å². The maximum absolute atomic E-state index is 13.2. The van der Waals surface area contributed by atoms with Gasteiger partial charge < -0.3 is 0 Å². The average Bonchev–Trinajstić information content (AvgIpc) is 3.02. The molecule has 0 atom stereocenters. The molecule has 2 aromatic rings. The van der Waals surface area contributed by atoms with Gasteiger partial charge in [0.1, 0.15) is 0 Å². The van der Waals surface area contributed by atoms with E-state index in [1.807, 2.05) is 41.1 Å². The van der Waals surface area contributed by atoms with Crippen LogP contribution in [0.4, 0.5) is 5.95 Å². The molecule has 4 nitrogen and oxygen atoms in total. The molecule has 1 N–H and O–H groups in total. The Morgan fingerprint density at radius 1 is 1.04 bits per heavy atom. The number of rotatable bonds is 3. The number of aromatic nitrogens is 2. The lowest BCUT2D eigenvalue weighted by Gasteiger charge is -2.55. The minimum absolute atomic E-state index is 0.137. The van der Waals surface area contributed by atoms with E-state index in [4.69, 9.17) is 0 Å². The second-order valence-electron chi connectivity index (χ2n) is 8.11. The van der Waals surface area contributed by atoms with Crippen LogP contribution >= 0.6 is 0 Å². The third-order valence-corrected chi connectivity index (χ3v) is 6.42. The Kier molecular flexibility index (Phi) is 3.09. The molecule has 0 saturated heterocycles. The van der Waals surface area contributed by atoms with Crippen LogP contribution in [0.25, 0.3) is 5.69 Å². The van der Waals surface area contributed by atoms with Crippen LogP contribution in [0, 0.1) is 23.2 Å². The van der Waals surface area contributed by atoms with Gasteiger partial charge in [-0.3, -0.25) is 14.7 Å². The second kappa shape index (κ2) is 5.20. The molecule has 4 fully saturated rings. The SMILES string of the molecule is O=C(Nc1nccn1-c1ccccc1)C12CC3CC(CC(C3)C1)C2. The molecule has 4 bridgehead atoms. The van der Waals surface area contributed by atoms with Crippen LogP contribution in [0.3, 0.4) is 0 Å². The Bertz CT molecular complexity index is 729. The Morgan fingerprint density at radius 2 is 1.67 bits per heavy atom. The summed E-state index contributed by atoms with van der Waals surface area (Å²) < 4.78 is 1.96. The summed E-state index contributed by atoms with van der Waals surface area (Å²) in [5.74, 6) is 3.16. The number of hydrogen-bond acceptors (Lipinski definition) is 2. The predicted molar refractivity (Wildman–Crippen MR) is 92.8 cm³/mol. The molecule has 4 aliphatic carbocycles. The molecule has 0 radical (unpaired) electrons. The number of nitrogens with zero attached hydrogens (tertiary/aromatic N) is 2. The molecule has 24 heavy (non-hydrogen) atoms. The second-order valence-corrected chi connectivity index (χ2v) is 8.11. The molecule has 0 aliphatic heterocycles. The molecule has 4 aliphatic rings. The molecule has 1 aromatic heterocycles. The van der Waals surface area contributed by atoms with Crippen LogP contribution in [-0.2, 0) is 4.79 Å². The summed E-state index contributed by atoms with van der Waals surface area (Å²) in [5.41, 5.74) is 0.887. The maximum Gasteiger partial charge on any atom is 0.232 e. The van der Waals surface area contributed by atoms with E-state index >= 15 is 0 Å². The van der Waals surface area contributed by atoms with Gasteiger partial charge in [-0.25, -0.2) is 4.98 Å². The van der Waals surface area contributed by atoms with E-state index in [1.54, 1.807) is 6.20 Å². The molecule has 4 heteroatoms. The molecule has 0 spiro atoms. The van der Waals surface area contributed by atoms with Gasteiger partial charge in [0.2, 0.25) is 11.9 Å². The van der Waals surface area contributed by atoms with E-state index in [0.29, 0.717) is 5.95 Å². The molecule has 124 valence electrons. The van der Waals surface area contributed by atoms with Crippen LogP contribution in [0.5, 0.6) is 0 Å². The fourth-order valence-electron chi connectivity index (χ4n) is 5.82. The smallest absolute Gasteiger partial charge is 0.232 e. The summed E-state index contributed by atoms with van der Waals surface area (Å²) >= 11 is 0. The standard InChI is InChI=1S/C20H23N3O/c24-18(20-11-14-8-15(12-20)10-16(9-14)13-20)22-19-21-6-7-23(19)17-4-2-1-3-5-17/h1-7,14-16H,8-13H2,(H,21,22,24). The average molecular weight is 321 g/mol. The first-order chi connectivity index (χ1) is 11.7. The van der Waals surface area contributed by atoms with E-state index in [-0.39, 0.29) is 11.3 Å². The Labute approximate surface area is 142 Å². The van der Waals surface area contributed by atoms with Crippen LogP contribution < -0.4 is 5.32 Å². The number of nitrogens with one attached hydrogen (secondary N) is 1. The van der Waals surface area contributed by atoms with Crippen molar-refractivity contribution < 1.29 is 4.79 Å². The van der Waals surface area contributed by atoms with Gasteiger partial charge in [0.05, 0.1) is 5.41 Å². The van der Waals surface area contributed by atoms with Crippen molar-refractivity contribution in [2.45, 2.75) is 38.5 Å². The summed E-state index contributed by atoms with van der Waals surface area (Å²) in [7, 11) is 0. The number of imidazole rings is 1. The van der Waals surface area contributed by atoms with Crippen LogP contribution in [0.1, 0.15) is 38.5 Å². The molecule has 4 saturated carbocycles. The molecule has 1 amide bonds. The largest absolute Gasteiger partial charge is 0.295 e. The molecular formula is C20H23N3O. The predicted octanol–water partition coefficient (Wildman–Crippen LogP) is 4.03. The highest BCUT2D eigenvalue weighted by molar-refractivity contribution is 5.94. The highest BCUT2D eigenvalue weighted by atomic mass is 16.2. The molecular weight excluding hydrogens is 298 g/mol.